The van der Waals surface area contributed by atoms with Crippen LogP contribution in [0.15, 0.2) is 54.6 Å². The van der Waals surface area contributed by atoms with Crippen LogP contribution in [0.3, 0.4) is 0 Å². The molecule has 0 aliphatic rings. The van der Waals surface area contributed by atoms with Gasteiger partial charge in [0.15, 0.2) is 5.11 Å². The van der Waals surface area contributed by atoms with E-state index in [2.05, 4.69) is 5.32 Å². The number of benzene rings is 2. The van der Waals surface area contributed by atoms with Gasteiger partial charge in [0.1, 0.15) is 18.1 Å². The Morgan fingerprint density at radius 2 is 1.65 bits per heavy atom. The number of thiocarbonyl (C=S) groups is 1. The van der Waals surface area contributed by atoms with Crippen molar-refractivity contribution in [1.29, 1.82) is 0 Å². The third-order valence-electron chi connectivity index (χ3n) is 3.20. The van der Waals surface area contributed by atoms with Crippen LogP contribution >= 0.6 is 12.2 Å². The fourth-order valence-corrected chi connectivity index (χ4v) is 2.15. The predicted octanol–water partition coefficient (Wildman–Crippen LogP) is 3.79. The number of hydrogen-bond donors (Lipinski definition) is 1. The maximum absolute atomic E-state index is 5.67. The Kier molecular flexibility index (Phi) is 6.69. The van der Waals surface area contributed by atoms with Crippen molar-refractivity contribution in [2.45, 2.75) is 6.92 Å². The third kappa shape index (κ3) is 5.79. The molecule has 0 amide bonds. The van der Waals surface area contributed by atoms with E-state index in [-0.39, 0.29) is 0 Å². The van der Waals surface area contributed by atoms with Gasteiger partial charge >= 0.3 is 0 Å². The van der Waals surface area contributed by atoms with Crippen molar-refractivity contribution in [3.8, 4) is 11.5 Å². The summed E-state index contributed by atoms with van der Waals surface area (Å²) in [5, 5.41) is 3.86. The summed E-state index contributed by atoms with van der Waals surface area (Å²) in [5.74, 6) is 1.72. The number of rotatable bonds is 7. The summed E-state index contributed by atoms with van der Waals surface area (Å²) in [5.41, 5.74) is 0.939. The van der Waals surface area contributed by atoms with Gasteiger partial charge in [0.25, 0.3) is 0 Å². The molecule has 2 rings (SSSR count). The predicted molar refractivity (Wildman–Crippen MR) is 98.4 cm³/mol. The van der Waals surface area contributed by atoms with Gasteiger partial charge in [0.05, 0.1) is 13.2 Å². The number of ether oxygens (including phenoxy) is 2. The molecule has 0 atom stereocenters. The molecule has 0 aliphatic heterocycles. The van der Waals surface area contributed by atoms with Gasteiger partial charge in [-0.1, -0.05) is 18.2 Å². The van der Waals surface area contributed by atoms with Crippen LogP contribution in [-0.4, -0.2) is 36.8 Å². The summed E-state index contributed by atoms with van der Waals surface area (Å²) in [6.45, 7) is 3.91. The molecular weight excluding hydrogens is 308 g/mol. The number of para-hydroxylation sites is 1. The lowest BCUT2D eigenvalue weighted by atomic mass is 10.3. The molecule has 0 heterocycles. The van der Waals surface area contributed by atoms with Crippen molar-refractivity contribution in [1.82, 2.24) is 4.90 Å². The van der Waals surface area contributed by atoms with E-state index in [1.165, 1.54) is 0 Å². The van der Waals surface area contributed by atoms with Crippen LogP contribution in [0.4, 0.5) is 5.69 Å². The fraction of sp³-hybridized carbons (Fsp3) is 0.278. The summed E-state index contributed by atoms with van der Waals surface area (Å²) >= 11 is 5.40. The molecule has 0 bridgehead atoms. The van der Waals surface area contributed by atoms with Crippen LogP contribution in [0.1, 0.15) is 6.92 Å². The summed E-state index contributed by atoms with van der Waals surface area (Å²) in [7, 11) is 1.94. The summed E-state index contributed by atoms with van der Waals surface area (Å²) in [4.78, 5) is 1.95. The van der Waals surface area contributed by atoms with Crippen molar-refractivity contribution in [2.24, 2.45) is 0 Å². The molecule has 0 radical (unpaired) electrons. The lowest BCUT2D eigenvalue weighted by molar-refractivity contribution is 0.285. The van der Waals surface area contributed by atoms with Crippen molar-refractivity contribution >= 4 is 23.0 Å². The number of nitrogens with zero attached hydrogens (tertiary/aromatic N) is 1. The van der Waals surface area contributed by atoms with Gasteiger partial charge in [-0.25, -0.2) is 0 Å². The summed E-state index contributed by atoms with van der Waals surface area (Å²) in [6.07, 6.45) is 0. The zero-order valence-corrected chi connectivity index (χ0v) is 14.3. The lowest BCUT2D eigenvalue weighted by Crippen LogP contribution is -2.34. The van der Waals surface area contributed by atoms with Gasteiger partial charge in [-0.05, 0) is 55.5 Å². The zero-order valence-electron chi connectivity index (χ0n) is 13.5. The van der Waals surface area contributed by atoms with Crippen molar-refractivity contribution < 1.29 is 9.47 Å². The highest BCUT2D eigenvalue weighted by molar-refractivity contribution is 7.80. The van der Waals surface area contributed by atoms with Crippen LogP contribution < -0.4 is 14.8 Å². The average molecular weight is 330 g/mol. The number of anilines is 1. The lowest BCUT2D eigenvalue weighted by Gasteiger charge is -2.21. The Bertz CT molecular complexity index is 602. The first kappa shape index (κ1) is 17.1. The van der Waals surface area contributed by atoms with E-state index >= 15 is 0 Å². The maximum Gasteiger partial charge on any atom is 0.173 e. The van der Waals surface area contributed by atoms with Crippen LogP contribution in [0.25, 0.3) is 0 Å². The molecule has 1 N–H and O–H groups in total. The van der Waals surface area contributed by atoms with Gasteiger partial charge in [0.2, 0.25) is 0 Å². The number of hydrogen-bond acceptors (Lipinski definition) is 3. The number of nitrogens with one attached hydrogen (secondary N) is 1. The van der Waals surface area contributed by atoms with Gasteiger partial charge in [-0.2, -0.15) is 0 Å². The standard InChI is InChI=1S/C18H22N2O2S/c1-3-21-17-11-9-15(10-12-17)19-18(23)20(2)13-14-22-16-7-5-4-6-8-16/h4-12H,3,13-14H2,1-2H3,(H,19,23). The van der Waals surface area contributed by atoms with Crippen LogP contribution in [0.5, 0.6) is 11.5 Å². The molecule has 0 saturated heterocycles. The SMILES string of the molecule is CCOc1ccc(NC(=S)N(C)CCOc2ccccc2)cc1. The van der Waals surface area contributed by atoms with Crippen LogP contribution in [0.2, 0.25) is 0 Å². The minimum atomic E-state index is 0.575. The van der Waals surface area contributed by atoms with E-state index in [9.17, 15) is 0 Å². The Hall–Kier alpha value is -2.27. The normalized spacial score (nSPS) is 10.0. The molecule has 2 aromatic rings. The highest BCUT2D eigenvalue weighted by Gasteiger charge is 2.05. The monoisotopic (exact) mass is 330 g/mol. The van der Waals surface area contributed by atoms with E-state index in [1.54, 1.807) is 0 Å². The van der Waals surface area contributed by atoms with Crippen LogP contribution in [-0.2, 0) is 0 Å². The van der Waals surface area contributed by atoms with Gasteiger partial charge in [0, 0.05) is 12.7 Å². The van der Waals surface area contributed by atoms with Gasteiger partial charge in [-0.15, -0.1) is 0 Å². The molecule has 4 nitrogen and oxygen atoms in total. The van der Waals surface area contributed by atoms with Gasteiger partial charge in [-0.3, -0.25) is 0 Å². The van der Waals surface area contributed by atoms with Crippen molar-refractivity contribution in [3.63, 3.8) is 0 Å². The van der Waals surface area contributed by atoms with Crippen molar-refractivity contribution in [2.75, 3.05) is 32.1 Å². The highest BCUT2D eigenvalue weighted by atomic mass is 32.1. The third-order valence-corrected chi connectivity index (χ3v) is 3.62. The molecule has 0 aliphatic carbocycles. The maximum atomic E-state index is 5.67. The van der Waals surface area contributed by atoms with Gasteiger partial charge < -0.3 is 19.7 Å². The number of likely N-dealkylation sites (N-methyl/N-ethyl adjacent to an activating group) is 1. The average Bonchev–Trinajstić information content (AvgIpc) is 2.57. The Labute approximate surface area is 143 Å². The van der Waals surface area contributed by atoms with Crippen molar-refractivity contribution in [3.05, 3.63) is 54.6 Å². The molecule has 0 fully saturated rings. The second kappa shape index (κ2) is 9.00. The van der Waals surface area contributed by atoms with E-state index < -0.39 is 0 Å². The summed E-state index contributed by atoms with van der Waals surface area (Å²) < 4.78 is 11.1. The molecule has 2 aromatic carbocycles. The van der Waals surface area contributed by atoms with E-state index in [0.717, 1.165) is 17.2 Å². The Morgan fingerprint density at radius 1 is 1.00 bits per heavy atom. The Balaban J connectivity index is 1.75. The highest BCUT2D eigenvalue weighted by Crippen LogP contribution is 2.16. The second-order valence-electron chi connectivity index (χ2n) is 4.97. The molecule has 0 aromatic heterocycles. The fourth-order valence-electron chi connectivity index (χ4n) is 1.94. The molecule has 0 unspecified atom stereocenters. The summed E-state index contributed by atoms with van der Waals surface area (Å²) in [6, 6.07) is 17.5. The van der Waals surface area contributed by atoms with E-state index in [1.807, 2.05) is 73.5 Å². The molecule has 23 heavy (non-hydrogen) atoms. The van der Waals surface area contributed by atoms with E-state index in [0.29, 0.717) is 24.9 Å². The van der Waals surface area contributed by atoms with E-state index in [4.69, 9.17) is 21.7 Å². The minimum absolute atomic E-state index is 0.575. The zero-order chi connectivity index (χ0) is 16.5. The Morgan fingerprint density at radius 3 is 2.30 bits per heavy atom. The first-order valence-corrected chi connectivity index (χ1v) is 8.02. The molecular formula is C18H22N2O2S. The molecule has 5 heteroatoms. The topological polar surface area (TPSA) is 33.7 Å². The molecule has 122 valence electrons. The largest absolute Gasteiger partial charge is 0.494 e. The molecule has 0 saturated carbocycles. The smallest absolute Gasteiger partial charge is 0.173 e. The molecule has 0 spiro atoms. The minimum Gasteiger partial charge on any atom is -0.494 e. The first-order chi connectivity index (χ1) is 11.2. The first-order valence-electron chi connectivity index (χ1n) is 7.62. The van der Waals surface area contributed by atoms with Crippen LogP contribution in [0, 0.1) is 0 Å². The quantitative estimate of drug-likeness (QED) is 0.781. The second-order valence-corrected chi connectivity index (χ2v) is 5.36.